The van der Waals surface area contributed by atoms with E-state index in [4.69, 9.17) is 34.6 Å². The Morgan fingerprint density at radius 1 is 0.250 bits per heavy atom. The van der Waals surface area contributed by atoms with Crippen LogP contribution in [0.25, 0.3) is 101 Å². The van der Waals surface area contributed by atoms with Crippen molar-refractivity contribution in [3.8, 4) is 96.3 Å². The van der Waals surface area contributed by atoms with E-state index >= 15 is 0 Å². The van der Waals surface area contributed by atoms with E-state index in [1.807, 2.05) is 109 Å². The van der Waals surface area contributed by atoms with E-state index in [0.717, 1.165) is 88.8 Å². The van der Waals surface area contributed by atoms with Gasteiger partial charge in [0.25, 0.3) is 0 Å². The lowest BCUT2D eigenvalue weighted by Crippen LogP contribution is -2.38. The van der Waals surface area contributed by atoms with Crippen LogP contribution in [-0.2, 0) is 5.60 Å². The molecule has 0 radical (unpaired) electrons. The van der Waals surface area contributed by atoms with Crippen molar-refractivity contribution in [3.05, 3.63) is 271 Å². The van der Waals surface area contributed by atoms with Crippen LogP contribution in [0.5, 0.6) is 5.75 Å². The van der Waals surface area contributed by atoms with Gasteiger partial charge in [0.05, 0.1) is 0 Å². The van der Waals surface area contributed by atoms with Crippen LogP contribution in [0.2, 0.25) is 0 Å². The normalized spacial score (nSPS) is 12.4. The smallest absolute Gasteiger partial charge is 0.185 e. The van der Waals surface area contributed by atoms with E-state index in [1.54, 1.807) is 0 Å². The Morgan fingerprint density at radius 3 is 1.24 bits per heavy atom. The molecule has 7 heteroatoms. The second-order valence-electron chi connectivity index (χ2n) is 17.8. The summed E-state index contributed by atoms with van der Waals surface area (Å²) in [4.78, 5) is 31.2. The number of rotatable bonds is 9. The van der Waals surface area contributed by atoms with E-state index in [-0.39, 0.29) is 0 Å². The highest BCUT2D eigenvalue weighted by atomic mass is 16.5. The predicted octanol–water partition coefficient (Wildman–Crippen LogP) is 15.2. The summed E-state index contributed by atoms with van der Waals surface area (Å²) in [5.41, 5.74) is 11.2. The minimum Gasteiger partial charge on any atom is -0.472 e. The number of hydrogen-bond acceptors (Lipinski definition) is 7. The van der Waals surface area contributed by atoms with Crippen LogP contribution < -0.4 is 4.74 Å². The van der Waals surface area contributed by atoms with E-state index in [9.17, 15) is 0 Å². The first-order valence-electron chi connectivity index (χ1n) is 24.0. The molecule has 0 bridgehead atoms. The van der Waals surface area contributed by atoms with Crippen molar-refractivity contribution in [2.24, 2.45) is 0 Å². The first-order chi connectivity index (χ1) is 35.6. The highest BCUT2D eigenvalue weighted by Gasteiger charge is 2.44. The third-order valence-electron chi connectivity index (χ3n) is 13.4. The molecule has 0 aliphatic carbocycles. The van der Waals surface area contributed by atoms with E-state index < -0.39 is 5.60 Å². The maximum Gasteiger partial charge on any atom is 0.185 e. The summed E-state index contributed by atoms with van der Waals surface area (Å²) in [6.45, 7) is 0. The van der Waals surface area contributed by atoms with Gasteiger partial charge in [0.15, 0.2) is 40.5 Å². The molecular formula is C65H42N6O. The summed E-state index contributed by atoms with van der Waals surface area (Å²) in [7, 11) is 0. The van der Waals surface area contributed by atoms with Crippen LogP contribution in [0, 0.1) is 0 Å². The van der Waals surface area contributed by atoms with Gasteiger partial charge in [-0.15, -0.1) is 0 Å². The van der Waals surface area contributed by atoms with E-state index in [1.165, 1.54) is 0 Å². The summed E-state index contributed by atoms with van der Waals surface area (Å²) in [5.74, 6) is 4.02. The monoisotopic (exact) mass is 922 g/mol. The molecule has 0 atom stereocenters. The van der Waals surface area contributed by atoms with Gasteiger partial charge in [0.1, 0.15) is 5.75 Å². The van der Waals surface area contributed by atoms with Crippen LogP contribution in [0.3, 0.4) is 0 Å². The average molecular weight is 923 g/mol. The summed E-state index contributed by atoms with van der Waals surface area (Å²) in [6, 6.07) is 87.2. The minimum atomic E-state index is -0.932. The lowest BCUT2D eigenvalue weighted by molar-refractivity contribution is 0.152. The van der Waals surface area contributed by atoms with Gasteiger partial charge in [-0.1, -0.05) is 237 Å². The van der Waals surface area contributed by atoms with Gasteiger partial charge in [-0.3, -0.25) is 0 Å². The summed E-state index contributed by atoms with van der Waals surface area (Å²) >= 11 is 0. The van der Waals surface area contributed by atoms with Crippen LogP contribution in [-0.4, -0.2) is 29.9 Å². The molecule has 10 aromatic carbocycles. The van der Waals surface area contributed by atoms with E-state index in [2.05, 4.69) is 146 Å². The lowest BCUT2D eigenvalue weighted by Gasteiger charge is -2.41. The molecule has 0 unspecified atom stereocenters. The Hall–Kier alpha value is -9.72. The Balaban J connectivity index is 1.04. The second-order valence-corrected chi connectivity index (χ2v) is 17.8. The molecule has 12 aromatic rings. The first kappa shape index (κ1) is 42.4. The topological polar surface area (TPSA) is 86.6 Å². The fourth-order valence-electron chi connectivity index (χ4n) is 9.91. The molecule has 72 heavy (non-hydrogen) atoms. The predicted molar refractivity (Wildman–Crippen MR) is 288 cm³/mol. The van der Waals surface area contributed by atoms with Gasteiger partial charge >= 0.3 is 0 Å². The summed E-state index contributed by atoms with van der Waals surface area (Å²) in [5, 5.41) is 2.24. The maximum absolute atomic E-state index is 7.54. The molecule has 0 N–H and O–H groups in total. The van der Waals surface area contributed by atoms with E-state index in [0.29, 0.717) is 34.9 Å². The fraction of sp³-hybridized carbons (Fsp3) is 0.0154. The summed E-state index contributed by atoms with van der Waals surface area (Å²) < 4.78 is 7.54. The van der Waals surface area contributed by atoms with Crippen molar-refractivity contribution in [1.29, 1.82) is 0 Å². The zero-order valence-electron chi connectivity index (χ0n) is 38.8. The minimum absolute atomic E-state index is 0.499. The number of ether oxygens (including phenoxy) is 1. The lowest BCUT2D eigenvalue weighted by atomic mass is 9.75. The second kappa shape index (κ2) is 18.0. The molecule has 7 nitrogen and oxygen atoms in total. The molecule has 0 saturated carbocycles. The van der Waals surface area contributed by atoms with Crippen molar-refractivity contribution in [1.82, 2.24) is 29.9 Å². The van der Waals surface area contributed by atoms with Crippen LogP contribution in [0.4, 0.5) is 0 Å². The number of nitrogens with zero attached hydrogens (tertiary/aromatic N) is 6. The number of benzene rings is 10. The Labute approximate surface area is 416 Å². The third-order valence-corrected chi connectivity index (χ3v) is 13.4. The first-order valence-corrected chi connectivity index (χ1v) is 24.0. The SMILES string of the molecule is c1ccc(-c2nc(-c3ccc(-c4ccc5c(c4)OC(c4ccccc4)(c4ccccc4)c4ccccc4-5)c(-c4nc(-c5ccccc5)nc(-c5ccccc5)n4)c3)nc(-c3ccc4ccccc4c3)n2)cc1. The van der Waals surface area contributed by atoms with Crippen molar-refractivity contribution in [2.75, 3.05) is 0 Å². The molecule has 0 spiro atoms. The van der Waals surface area contributed by atoms with Crippen molar-refractivity contribution >= 4 is 10.8 Å². The molecule has 13 rings (SSSR count). The fourth-order valence-corrected chi connectivity index (χ4v) is 9.91. The van der Waals surface area contributed by atoms with Gasteiger partial charge in [-0.05, 0) is 45.7 Å². The highest BCUT2D eigenvalue weighted by Crippen LogP contribution is 2.52. The quantitative estimate of drug-likeness (QED) is 0.142. The highest BCUT2D eigenvalue weighted by molar-refractivity contribution is 5.90. The molecule has 1 aliphatic heterocycles. The van der Waals surface area contributed by atoms with Crippen LogP contribution >= 0.6 is 0 Å². The number of fused-ring (bicyclic) bond motifs is 4. The summed E-state index contributed by atoms with van der Waals surface area (Å²) in [6.07, 6.45) is 0. The Bertz CT molecular complexity index is 3850. The molecule has 2 aromatic heterocycles. The van der Waals surface area contributed by atoms with Gasteiger partial charge in [0, 0.05) is 55.6 Å². The molecule has 0 amide bonds. The van der Waals surface area contributed by atoms with Gasteiger partial charge in [-0.2, -0.15) is 0 Å². The van der Waals surface area contributed by atoms with Gasteiger partial charge < -0.3 is 4.74 Å². The number of hydrogen-bond donors (Lipinski definition) is 0. The molecule has 1 aliphatic rings. The Kier molecular flexibility index (Phi) is 10.6. The molecule has 338 valence electrons. The molecule has 3 heterocycles. The van der Waals surface area contributed by atoms with Crippen molar-refractivity contribution in [2.45, 2.75) is 5.60 Å². The maximum atomic E-state index is 7.54. The molecule has 0 fully saturated rings. The van der Waals surface area contributed by atoms with Crippen LogP contribution in [0.1, 0.15) is 16.7 Å². The molecule has 0 saturated heterocycles. The Morgan fingerprint density at radius 2 is 0.667 bits per heavy atom. The largest absolute Gasteiger partial charge is 0.472 e. The standard InChI is InChI=1S/C65H42N6O/c1-6-21-44(22-7-1)59-67-62(49-35-34-43-20-16-17-27-47(43)40-49)69-63(68-59)50-37-38-53(56(41-50)64-70-60(45-23-8-2-9-24-45)66-61(71-64)46-25-10-3-11-26-46)48-36-39-55-54-32-18-19-33-57(54)65(72-58(55)42-48,51-28-12-4-13-29-51)52-30-14-5-15-31-52/h1-42H. The van der Waals surface area contributed by atoms with Crippen molar-refractivity contribution in [3.63, 3.8) is 0 Å². The third kappa shape index (κ3) is 7.66. The van der Waals surface area contributed by atoms with Crippen LogP contribution in [0.15, 0.2) is 255 Å². The molecular weight excluding hydrogens is 881 g/mol. The average Bonchev–Trinajstić information content (AvgIpc) is 3.47. The zero-order valence-corrected chi connectivity index (χ0v) is 38.8. The zero-order chi connectivity index (χ0) is 47.8. The van der Waals surface area contributed by atoms with Gasteiger partial charge in [0.2, 0.25) is 0 Å². The van der Waals surface area contributed by atoms with Gasteiger partial charge in [-0.25, -0.2) is 29.9 Å². The van der Waals surface area contributed by atoms with Crippen molar-refractivity contribution < 1.29 is 4.74 Å². The number of aromatic nitrogens is 6.